The van der Waals surface area contributed by atoms with Crippen molar-refractivity contribution in [2.24, 2.45) is 0 Å². The molecule has 1 N–H and O–H groups in total. The Kier molecular flexibility index (Phi) is 4.67. The fraction of sp³-hybridized carbons (Fsp3) is 0.400. The molecule has 1 heterocycles. The largest absolute Gasteiger partial charge is 0.506 e. The van der Waals surface area contributed by atoms with Crippen LogP contribution in [-0.4, -0.2) is 27.6 Å². The first kappa shape index (κ1) is 14.7. The van der Waals surface area contributed by atoms with Gasteiger partial charge in [0.1, 0.15) is 5.75 Å². The molecule has 1 rings (SSSR count). The number of nitrogens with zero attached hydrogens (tertiary/aromatic N) is 2. The summed E-state index contributed by atoms with van der Waals surface area (Å²) in [5.41, 5.74) is -2.48. The van der Waals surface area contributed by atoms with Crippen LogP contribution in [0.2, 0.25) is 0 Å². The Hall–Kier alpha value is -2.32. The zero-order valence-corrected chi connectivity index (χ0v) is 9.80. The number of hydrogen-bond donors (Lipinski definition) is 1. The van der Waals surface area contributed by atoms with E-state index in [1.807, 2.05) is 0 Å². The first-order valence-electron chi connectivity index (χ1n) is 5.17. The maximum Gasteiger partial charge on any atom is 0.312 e. The lowest BCUT2D eigenvalue weighted by molar-refractivity contribution is -0.386. The van der Waals surface area contributed by atoms with Crippen molar-refractivity contribution < 1.29 is 28.3 Å². The molecule has 1 aromatic rings. The second kappa shape index (κ2) is 6.03. The molecule has 0 unspecified atom stereocenters. The highest BCUT2D eigenvalue weighted by molar-refractivity contribution is 5.73. The van der Waals surface area contributed by atoms with E-state index in [0.29, 0.717) is 6.07 Å². The first-order valence-corrected chi connectivity index (χ1v) is 5.17. The zero-order valence-electron chi connectivity index (χ0n) is 9.80. The summed E-state index contributed by atoms with van der Waals surface area (Å²) in [6.07, 6.45) is -3.74. The molecule has 0 saturated carbocycles. The SMILES string of the molecule is CCOC(=O)Cc1nc(C(F)F)c([N+](=O)[O-])cc1O. The van der Waals surface area contributed by atoms with Crippen LogP contribution in [0, 0.1) is 10.1 Å². The number of carbonyl (C=O) groups is 1. The van der Waals surface area contributed by atoms with Crippen molar-refractivity contribution in [1.29, 1.82) is 0 Å². The third kappa shape index (κ3) is 3.57. The van der Waals surface area contributed by atoms with Gasteiger partial charge in [-0.25, -0.2) is 13.8 Å². The smallest absolute Gasteiger partial charge is 0.312 e. The predicted molar refractivity (Wildman–Crippen MR) is 57.9 cm³/mol. The number of nitro groups is 1. The van der Waals surface area contributed by atoms with Crippen LogP contribution >= 0.6 is 0 Å². The van der Waals surface area contributed by atoms with Crippen LogP contribution in [-0.2, 0) is 16.0 Å². The summed E-state index contributed by atoms with van der Waals surface area (Å²) in [6.45, 7) is 1.62. The molecule has 0 aromatic carbocycles. The molecular weight excluding hydrogens is 266 g/mol. The van der Waals surface area contributed by atoms with Gasteiger partial charge in [0.15, 0.2) is 5.69 Å². The summed E-state index contributed by atoms with van der Waals surface area (Å²) >= 11 is 0. The van der Waals surface area contributed by atoms with E-state index in [9.17, 15) is 28.8 Å². The van der Waals surface area contributed by atoms with E-state index < -0.39 is 40.9 Å². The van der Waals surface area contributed by atoms with Gasteiger partial charge in [-0.15, -0.1) is 0 Å². The normalized spacial score (nSPS) is 10.5. The van der Waals surface area contributed by atoms with Crippen molar-refractivity contribution in [2.75, 3.05) is 6.61 Å². The average molecular weight is 276 g/mol. The van der Waals surface area contributed by atoms with Crippen LogP contribution in [0.15, 0.2) is 6.07 Å². The van der Waals surface area contributed by atoms with E-state index in [-0.39, 0.29) is 12.3 Å². The molecule has 7 nitrogen and oxygen atoms in total. The third-order valence-electron chi connectivity index (χ3n) is 2.11. The number of halogens is 2. The molecule has 0 bridgehead atoms. The fourth-order valence-electron chi connectivity index (χ4n) is 1.33. The number of esters is 1. The highest BCUT2D eigenvalue weighted by atomic mass is 19.3. The summed E-state index contributed by atoms with van der Waals surface area (Å²) < 4.78 is 29.8. The van der Waals surface area contributed by atoms with Gasteiger partial charge < -0.3 is 9.84 Å². The van der Waals surface area contributed by atoms with Crippen molar-refractivity contribution in [3.05, 3.63) is 27.6 Å². The van der Waals surface area contributed by atoms with Gasteiger partial charge in [0, 0.05) is 0 Å². The first-order chi connectivity index (χ1) is 8.86. The molecule has 104 valence electrons. The Morgan fingerprint density at radius 3 is 2.74 bits per heavy atom. The van der Waals surface area contributed by atoms with Crippen LogP contribution < -0.4 is 0 Å². The lowest BCUT2D eigenvalue weighted by atomic mass is 10.2. The summed E-state index contributed by atoms with van der Waals surface area (Å²) in [5.74, 6) is -1.48. The number of aromatic nitrogens is 1. The molecule has 9 heteroatoms. The Bertz CT molecular complexity index is 507. The zero-order chi connectivity index (χ0) is 14.6. The molecule has 0 spiro atoms. The molecule has 0 aliphatic carbocycles. The van der Waals surface area contributed by atoms with Gasteiger partial charge in [0.25, 0.3) is 12.1 Å². The van der Waals surface area contributed by atoms with Crippen LogP contribution in [0.5, 0.6) is 5.75 Å². The predicted octanol–water partition coefficient (Wildman–Crippen LogP) is 1.74. The molecular formula is C10H10F2N2O5. The van der Waals surface area contributed by atoms with E-state index in [4.69, 9.17) is 0 Å². The van der Waals surface area contributed by atoms with Crippen molar-refractivity contribution in [3.63, 3.8) is 0 Å². The van der Waals surface area contributed by atoms with E-state index >= 15 is 0 Å². The average Bonchev–Trinajstić information content (AvgIpc) is 2.31. The van der Waals surface area contributed by atoms with Crippen LogP contribution in [0.3, 0.4) is 0 Å². The van der Waals surface area contributed by atoms with Crippen LogP contribution in [0.4, 0.5) is 14.5 Å². The second-order valence-electron chi connectivity index (χ2n) is 3.40. The quantitative estimate of drug-likeness (QED) is 0.499. The highest BCUT2D eigenvalue weighted by Gasteiger charge is 2.27. The molecule has 19 heavy (non-hydrogen) atoms. The fourth-order valence-corrected chi connectivity index (χ4v) is 1.33. The highest BCUT2D eigenvalue weighted by Crippen LogP contribution is 2.31. The number of ether oxygens (including phenoxy) is 1. The van der Waals surface area contributed by atoms with E-state index in [1.165, 1.54) is 0 Å². The molecule has 0 radical (unpaired) electrons. The molecule has 0 amide bonds. The summed E-state index contributed by atoms with van der Waals surface area (Å²) in [6, 6.07) is 0.545. The number of rotatable bonds is 5. The maximum atomic E-state index is 12.6. The summed E-state index contributed by atoms with van der Waals surface area (Å²) in [5, 5.41) is 20.0. The lowest BCUT2D eigenvalue weighted by Gasteiger charge is -2.07. The Morgan fingerprint density at radius 2 is 2.26 bits per heavy atom. The Labute approximate surface area is 106 Å². The number of carbonyl (C=O) groups excluding carboxylic acids is 1. The van der Waals surface area contributed by atoms with Crippen LogP contribution in [0.1, 0.15) is 24.7 Å². The minimum atomic E-state index is -3.19. The molecule has 0 aliphatic heterocycles. The summed E-state index contributed by atoms with van der Waals surface area (Å²) in [7, 11) is 0. The molecule has 0 aliphatic rings. The van der Waals surface area contributed by atoms with Gasteiger partial charge in [-0.3, -0.25) is 14.9 Å². The molecule has 0 atom stereocenters. The number of hydrogen-bond acceptors (Lipinski definition) is 6. The Morgan fingerprint density at radius 1 is 1.63 bits per heavy atom. The van der Waals surface area contributed by atoms with Gasteiger partial charge >= 0.3 is 5.97 Å². The summed E-state index contributed by atoms with van der Waals surface area (Å²) in [4.78, 5) is 23.9. The minimum absolute atomic E-state index is 0.0777. The van der Waals surface area contributed by atoms with Crippen molar-refractivity contribution in [1.82, 2.24) is 4.98 Å². The van der Waals surface area contributed by atoms with Gasteiger partial charge in [0.2, 0.25) is 0 Å². The van der Waals surface area contributed by atoms with Gasteiger partial charge in [-0.2, -0.15) is 0 Å². The topological polar surface area (TPSA) is 103 Å². The molecule has 1 aromatic heterocycles. The number of pyridine rings is 1. The lowest BCUT2D eigenvalue weighted by Crippen LogP contribution is -2.11. The van der Waals surface area contributed by atoms with Gasteiger partial charge in [-0.05, 0) is 6.92 Å². The van der Waals surface area contributed by atoms with Gasteiger partial charge in [-0.1, -0.05) is 0 Å². The number of alkyl halides is 2. The van der Waals surface area contributed by atoms with E-state index in [0.717, 1.165) is 0 Å². The molecule has 0 fully saturated rings. The van der Waals surface area contributed by atoms with E-state index in [2.05, 4.69) is 9.72 Å². The Balaban J connectivity index is 3.17. The standard InChI is InChI=1S/C10H10F2N2O5/c1-2-19-8(16)3-5-7(15)4-6(14(17)18)9(13-5)10(11)12/h4,10,15H,2-3H2,1H3. The van der Waals surface area contributed by atoms with Gasteiger partial charge in [0.05, 0.1) is 29.7 Å². The molecule has 0 saturated heterocycles. The van der Waals surface area contributed by atoms with E-state index in [1.54, 1.807) is 6.92 Å². The van der Waals surface area contributed by atoms with Crippen LogP contribution in [0.25, 0.3) is 0 Å². The third-order valence-corrected chi connectivity index (χ3v) is 2.11. The second-order valence-corrected chi connectivity index (χ2v) is 3.40. The minimum Gasteiger partial charge on any atom is -0.506 e. The van der Waals surface area contributed by atoms with Crippen molar-refractivity contribution in [2.45, 2.75) is 19.8 Å². The van der Waals surface area contributed by atoms with Crippen molar-refractivity contribution >= 4 is 11.7 Å². The maximum absolute atomic E-state index is 12.6. The number of aromatic hydroxyl groups is 1. The monoisotopic (exact) mass is 276 g/mol. The van der Waals surface area contributed by atoms with Crippen molar-refractivity contribution in [3.8, 4) is 5.75 Å².